The second-order valence-electron chi connectivity index (χ2n) is 4.13. The fourth-order valence-electron chi connectivity index (χ4n) is 0.549. The van der Waals surface area contributed by atoms with Crippen molar-refractivity contribution in [2.24, 2.45) is 4.40 Å². The van der Waals surface area contributed by atoms with E-state index in [9.17, 15) is 8.60 Å². The number of rotatable bonds is 2. The second kappa shape index (κ2) is 2.91. The summed E-state index contributed by atoms with van der Waals surface area (Å²) in [4.78, 5) is 0. The maximum absolute atomic E-state index is 13.0. The highest BCUT2D eigenvalue weighted by molar-refractivity contribution is 7.85. The van der Waals surface area contributed by atoms with E-state index in [1.807, 2.05) is 20.8 Å². The summed E-state index contributed by atoms with van der Waals surface area (Å²) in [6.07, 6.45) is 2.25. The van der Waals surface area contributed by atoms with Crippen LogP contribution in [0.25, 0.3) is 0 Å². The minimum absolute atomic E-state index is 0.387. The summed E-state index contributed by atoms with van der Waals surface area (Å²) in [5.41, 5.74) is -1.24. The molecule has 0 aromatic carbocycles. The SMILES string of the molecule is CC(C)(C)S(=O)N=CC1(F)CC1. The van der Waals surface area contributed by atoms with E-state index in [1.54, 1.807) is 0 Å². The molecule has 0 saturated heterocycles. The van der Waals surface area contributed by atoms with Gasteiger partial charge in [0.2, 0.25) is 0 Å². The lowest BCUT2D eigenvalue weighted by Gasteiger charge is -2.12. The van der Waals surface area contributed by atoms with Gasteiger partial charge >= 0.3 is 0 Å². The van der Waals surface area contributed by atoms with Crippen LogP contribution in [0.5, 0.6) is 0 Å². The molecule has 0 bridgehead atoms. The molecule has 1 fully saturated rings. The van der Waals surface area contributed by atoms with Crippen LogP contribution >= 0.6 is 0 Å². The molecule has 12 heavy (non-hydrogen) atoms. The summed E-state index contributed by atoms with van der Waals surface area (Å²) < 4.78 is 27.6. The highest BCUT2D eigenvalue weighted by atomic mass is 32.2. The van der Waals surface area contributed by atoms with Crippen molar-refractivity contribution in [3.8, 4) is 0 Å². The molecule has 0 aromatic rings. The van der Waals surface area contributed by atoms with Gasteiger partial charge in [0.1, 0.15) is 16.7 Å². The minimum atomic E-state index is -1.31. The predicted molar refractivity (Wildman–Crippen MR) is 49.5 cm³/mol. The summed E-state index contributed by atoms with van der Waals surface area (Å²) in [7, 11) is -1.31. The first-order valence-corrected chi connectivity index (χ1v) is 5.10. The van der Waals surface area contributed by atoms with Crippen LogP contribution in [-0.2, 0) is 11.0 Å². The van der Waals surface area contributed by atoms with Gasteiger partial charge in [0.15, 0.2) is 0 Å². The van der Waals surface area contributed by atoms with Crippen LogP contribution in [0.1, 0.15) is 33.6 Å². The molecule has 4 heteroatoms. The van der Waals surface area contributed by atoms with E-state index in [-0.39, 0.29) is 4.75 Å². The van der Waals surface area contributed by atoms with Crippen LogP contribution in [0.15, 0.2) is 4.40 Å². The van der Waals surface area contributed by atoms with Gasteiger partial charge in [-0.1, -0.05) is 0 Å². The van der Waals surface area contributed by atoms with Gasteiger partial charge < -0.3 is 0 Å². The summed E-state index contributed by atoms with van der Waals surface area (Å²) in [6.45, 7) is 5.45. The molecule has 70 valence electrons. The number of hydrogen-bond donors (Lipinski definition) is 0. The summed E-state index contributed by atoms with van der Waals surface area (Å²) in [6, 6.07) is 0. The molecular weight excluding hydrogens is 177 g/mol. The van der Waals surface area contributed by atoms with Crippen LogP contribution in [-0.4, -0.2) is 20.8 Å². The Morgan fingerprint density at radius 3 is 2.33 bits per heavy atom. The molecule has 1 aliphatic rings. The van der Waals surface area contributed by atoms with Crippen LogP contribution in [0, 0.1) is 0 Å². The average Bonchev–Trinajstić information content (AvgIpc) is 2.62. The normalized spacial score (nSPS) is 24.3. The van der Waals surface area contributed by atoms with E-state index in [4.69, 9.17) is 0 Å². The summed E-state index contributed by atoms with van der Waals surface area (Å²) >= 11 is 0. The number of halogens is 1. The number of hydrogen-bond acceptors (Lipinski definition) is 1. The van der Waals surface area contributed by atoms with Crippen molar-refractivity contribution in [3.63, 3.8) is 0 Å². The molecular formula is C8H14FNOS. The van der Waals surface area contributed by atoms with E-state index in [0.29, 0.717) is 12.8 Å². The standard InChI is InChI=1S/C8H14FNOS/c1-7(2,3)12(11)10-6-8(9)4-5-8/h6H,4-5H2,1-3H3. The van der Waals surface area contributed by atoms with Crippen LogP contribution < -0.4 is 0 Å². The van der Waals surface area contributed by atoms with Gasteiger partial charge in [0.05, 0.1) is 11.0 Å². The second-order valence-corrected chi connectivity index (χ2v) is 6.06. The molecule has 1 rings (SSSR count). The van der Waals surface area contributed by atoms with Crippen molar-refractivity contribution in [1.29, 1.82) is 0 Å². The molecule has 0 radical (unpaired) electrons. The maximum Gasteiger partial charge on any atom is 0.147 e. The molecule has 1 atom stereocenters. The maximum atomic E-state index is 13.0. The quantitative estimate of drug-likeness (QED) is 0.614. The van der Waals surface area contributed by atoms with Gasteiger partial charge in [-0.15, -0.1) is 0 Å². The van der Waals surface area contributed by atoms with Crippen molar-refractivity contribution < 1.29 is 8.60 Å². The van der Waals surface area contributed by atoms with Gasteiger partial charge in [0.25, 0.3) is 0 Å². The van der Waals surface area contributed by atoms with Gasteiger partial charge in [-0.3, -0.25) is 0 Å². The van der Waals surface area contributed by atoms with Crippen molar-refractivity contribution in [3.05, 3.63) is 0 Å². The molecule has 0 heterocycles. The number of nitrogens with zero attached hydrogens (tertiary/aromatic N) is 1. The molecule has 0 aliphatic heterocycles. The number of alkyl halides is 1. The Balaban J connectivity index is 2.51. The lowest BCUT2D eigenvalue weighted by molar-refractivity contribution is 0.414. The summed E-state index contributed by atoms with van der Waals surface area (Å²) in [5.74, 6) is 0. The zero-order valence-electron chi connectivity index (χ0n) is 7.63. The smallest absolute Gasteiger partial charge is 0.147 e. The molecule has 0 spiro atoms. The van der Waals surface area contributed by atoms with Gasteiger partial charge in [-0.2, -0.15) is 4.40 Å². The van der Waals surface area contributed by atoms with E-state index in [0.717, 1.165) is 0 Å². The van der Waals surface area contributed by atoms with Crippen LogP contribution in [0.2, 0.25) is 0 Å². The van der Waals surface area contributed by atoms with E-state index in [2.05, 4.69) is 4.40 Å². The predicted octanol–water partition coefficient (Wildman–Crippen LogP) is 2.02. The molecule has 0 aromatic heterocycles. The largest absolute Gasteiger partial charge is 0.238 e. The summed E-state index contributed by atoms with van der Waals surface area (Å²) in [5, 5.41) is 0. The lowest BCUT2D eigenvalue weighted by Crippen LogP contribution is -2.20. The Morgan fingerprint density at radius 1 is 1.50 bits per heavy atom. The van der Waals surface area contributed by atoms with Crippen LogP contribution in [0.4, 0.5) is 4.39 Å². The first-order valence-electron chi connectivity index (χ1n) is 4.00. The highest BCUT2D eigenvalue weighted by Gasteiger charge is 2.41. The first-order chi connectivity index (χ1) is 5.33. The van der Waals surface area contributed by atoms with E-state index < -0.39 is 16.7 Å². The Labute approximate surface area is 74.9 Å². The molecule has 0 N–H and O–H groups in total. The molecule has 2 nitrogen and oxygen atoms in total. The molecule has 1 unspecified atom stereocenters. The Kier molecular flexibility index (Phi) is 2.38. The fourth-order valence-corrected chi connectivity index (χ4v) is 1.15. The van der Waals surface area contributed by atoms with Gasteiger partial charge in [-0.05, 0) is 33.6 Å². The molecule has 0 amide bonds. The van der Waals surface area contributed by atoms with Gasteiger partial charge in [-0.25, -0.2) is 8.60 Å². The van der Waals surface area contributed by atoms with E-state index in [1.165, 1.54) is 6.21 Å². The van der Waals surface area contributed by atoms with Gasteiger partial charge in [0, 0.05) is 0 Å². The van der Waals surface area contributed by atoms with E-state index >= 15 is 0 Å². The molecule has 1 saturated carbocycles. The Hall–Kier alpha value is -0.250. The monoisotopic (exact) mass is 191 g/mol. The zero-order valence-corrected chi connectivity index (χ0v) is 8.45. The zero-order chi connectivity index (χ0) is 9.41. The Bertz CT molecular complexity index is 228. The highest BCUT2D eigenvalue weighted by Crippen LogP contribution is 2.37. The third-order valence-corrected chi connectivity index (χ3v) is 2.98. The topological polar surface area (TPSA) is 29.4 Å². The minimum Gasteiger partial charge on any atom is -0.238 e. The first kappa shape index (κ1) is 9.84. The average molecular weight is 191 g/mol. The Morgan fingerprint density at radius 2 is 2.00 bits per heavy atom. The fraction of sp³-hybridized carbons (Fsp3) is 0.875. The third kappa shape index (κ3) is 2.66. The third-order valence-electron chi connectivity index (χ3n) is 1.63. The van der Waals surface area contributed by atoms with Crippen molar-refractivity contribution in [2.75, 3.05) is 0 Å². The lowest BCUT2D eigenvalue weighted by atomic mass is 10.3. The van der Waals surface area contributed by atoms with Crippen LogP contribution in [0.3, 0.4) is 0 Å². The van der Waals surface area contributed by atoms with Crippen molar-refractivity contribution in [1.82, 2.24) is 0 Å². The molecule has 1 aliphatic carbocycles. The van der Waals surface area contributed by atoms with Crippen molar-refractivity contribution in [2.45, 2.75) is 44.0 Å². The van der Waals surface area contributed by atoms with Crippen molar-refractivity contribution >= 4 is 17.2 Å².